The van der Waals surface area contributed by atoms with Gasteiger partial charge in [-0.2, -0.15) is 0 Å². The Morgan fingerprint density at radius 2 is 2.03 bits per heavy atom. The molecule has 2 fully saturated rings. The summed E-state index contributed by atoms with van der Waals surface area (Å²) >= 11 is 0. The van der Waals surface area contributed by atoms with Crippen LogP contribution in [0.2, 0.25) is 0 Å². The zero-order valence-electron chi connectivity index (χ0n) is 19.8. The minimum absolute atomic E-state index is 0.222. The molecular formula is C25H36FN5O2. The van der Waals surface area contributed by atoms with Gasteiger partial charge in [0.15, 0.2) is 0 Å². The van der Waals surface area contributed by atoms with Crippen LogP contribution < -0.4 is 15.5 Å². The van der Waals surface area contributed by atoms with Crippen molar-refractivity contribution >= 4 is 28.9 Å². The molecule has 2 N–H and O–H groups in total. The molecule has 1 aromatic heterocycles. The highest BCUT2D eigenvalue weighted by Gasteiger charge is 2.35. The number of rotatable bonds is 7. The summed E-state index contributed by atoms with van der Waals surface area (Å²) in [5.74, 6) is 0. The van der Waals surface area contributed by atoms with Crippen LogP contribution in [-0.4, -0.2) is 73.8 Å². The van der Waals surface area contributed by atoms with Gasteiger partial charge in [0.1, 0.15) is 12.0 Å². The summed E-state index contributed by atoms with van der Waals surface area (Å²) in [6.45, 7) is 6.36. The Hall–Kier alpha value is -2.45. The smallest absolute Gasteiger partial charge is 0.321 e. The molecule has 2 amide bonds. The third-order valence-corrected chi connectivity index (χ3v) is 7.21. The van der Waals surface area contributed by atoms with Gasteiger partial charge in [-0.05, 0) is 69.5 Å². The van der Waals surface area contributed by atoms with Crippen LogP contribution in [0.4, 0.5) is 14.9 Å². The molecule has 0 spiro atoms. The number of aromatic nitrogens is 1. The Labute approximate surface area is 195 Å². The number of amides is 2. The van der Waals surface area contributed by atoms with Crippen molar-refractivity contribution in [2.45, 2.75) is 50.7 Å². The van der Waals surface area contributed by atoms with Crippen molar-refractivity contribution in [3.63, 3.8) is 0 Å². The van der Waals surface area contributed by atoms with E-state index in [4.69, 9.17) is 0 Å². The quantitative estimate of drug-likeness (QED) is 0.625. The number of aldehydes is 1. The van der Waals surface area contributed by atoms with Gasteiger partial charge in [0.2, 0.25) is 0 Å². The largest absolute Gasteiger partial charge is 0.344 e. The first kappa shape index (κ1) is 23.7. The highest BCUT2D eigenvalue weighted by atomic mass is 19.1. The number of likely N-dealkylation sites (tertiary alicyclic amines) is 1. The number of carbonyl (C=O) groups is 2. The van der Waals surface area contributed by atoms with Crippen LogP contribution in [0.1, 0.15) is 43.7 Å². The van der Waals surface area contributed by atoms with Crippen LogP contribution in [0, 0.1) is 6.92 Å². The standard InChI is InChI=1S/C25H36FN5O2/c1-19-17-31(20-6-13-29(14-7-20)18-25(26)8-10-28-11-9-25)23-5-4-21(16-22(19)23)30(12-3-15-32)24(33)27-2/h4-5,15-17,20,28H,3,6-14,18H2,1-2H3,(H,27,33). The Morgan fingerprint density at radius 1 is 1.30 bits per heavy atom. The number of benzene rings is 1. The second-order valence-corrected chi connectivity index (χ2v) is 9.49. The van der Waals surface area contributed by atoms with E-state index in [2.05, 4.69) is 39.3 Å². The molecule has 8 heteroatoms. The van der Waals surface area contributed by atoms with E-state index in [9.17, 15) is 9.59 Å². The third-order valence-electron chi connectivity index (χ3n) is 7.21. The number of nitrogens with zero attached hydrogens (tertiary/aromatic N) is 3. The maximum Gasteiger partial charge on any atom is 0.321 e. The number of aryl methyl sites for hydroxylation is 1. The molecule has 7 nitrogen and oxygen atoms in total. The molecule has 3 heterocycles. The van der Waals surface area contributed by atoms with Gasteiger partial charge >= 0.3 is 6.03 Å². The SMILES string of the molecule is CNC(=O)N(CCC=O)c1ccc2c(c1)c(C)cn2C1CCN(CC2(F)CCNCC2)CC1. The average Bonchev–Trinajstić information content (AvgIpc) is 3.15. The van der Waals surface area contributed by atoms with E-state index in [0.29, 0.717) is 38.4 Å². The lowest BCUT2D eigenvalue weighted by molar-refractivity contribution is -0.107. The van der Waals surface area contributed by atoms with Gasteiger partial charge in [-0.25, -0.2) is 9.18 Å². The fourth-order valence-electron chi connectivity index (χ4n) is 5.34. The van der Waals surface area contributed by atoms with Crippen LogP contribution >= 0.6 is 0 Å². The summed E-state index contributed by atoms with van der Waals surface area (Å²) in [6.07, 6.45) is 6.55. The van der Waals surface area contributed by atoms with Gasteiger partial charge in [0.25, 0.3) is 0 Å². The molecule has 0 bridgehead atoms. The van der Waals surface area contributed by atoms with E-state index in [0.717, 1.165) is 61.9 Å². The molecule has 2 aliphatic rings. The monoisotopic (exact) mass is 457 g/mol. The average molecular weight is 458 g/mol. The van der Waals surface area contributed by atoms with Crippen molar-refractivity contribution in [3.8, 4) is 0 Å². The molecule has 0 aliphatic carbocycles. The molecule has 1 aromatic carbocycles. The van der Waals surface area contributed by atoms with Gasteiger partial charge in [-0.3, -0.25) is 4.90 Å². The molecule has 4 rings (SSSR count). The second-order valence-electron chi connectivity index (χ2n) is 9.49. The van der Waals surface area contributed by atoms with E-state index in [-0.39, 0.29) is 6.03 Å². The molecule has 0 saturated carbocycles. The lowest BCUT2D eigenvalue weighted by Crippen LogP contribution is -2.48. The molecule has 0 unspecified atom stereocenters. The Kier molecular flexibility index (Phi) is 7.34. The summed E-state index contributed by atoms with van der Waals surface area (Å²) in [5.41, 5.74) is 2.06. The number of nitrogens with one attached hydrogen (secondary N) is 2. The summed E-state index contributed by atoms with van der Waals surface area (Å²) in [4.78, 5) is 27.1. The minimum Gasteiger partial charge on any atom is -0.344 e. The van der Waals surface area contributed by atoms with Gasteiger partial charge in [-0.15, -0.1) is 0 Å². The third kappa shape index (κ3) is 5.22. The first-order chi connectivity index (χ1) is 15.9. The van der Waals surface area contributed by atoms with Gasteiger partial charge < -0.3 is 24.9 Å². The first-order valence-electron chi connectivity index (χ1n) is 12.1. The molecule has 180 valence electrons. The zero-order chi connectivity index (χ0) is 23.4. The second kappa shape index (κ2) is 10.2. The van der Waals surface area contributed by atoms with Crippen LogP contribution in [0.5, 0.6) is 0 Å². The Bertz CT molecular complexity index is 977. The first-order valence-corrected chi connectivity index (χ1v) is 12.1. The van der Waals surface area contributed by atoms with Gasteiger partial charge in [0.05, 0.1) is 0 Å². The Morgan fingerprint density at radius 3 is 2.70 bits per heavy atom. The number of hydrogen-bond acceptors (Lipinski definition) is 4. The minimum atomic E-state index is -1.05. The molecule has 2 aromatic rings. The molecule has 0 radical (unpaired) electrons. The zero-order valence-corrected chi connectivity index (χ0v) is 19.8. The lowest BCUT2D eigenvalue weighted by atomic mass is 9.92. The van der Waals surface area contributed by atoms with Crippen LogP contribution in [-0.2, 0) is 4.79 Å². The van der Waals surface area contributed by atoms with E-state index in [1.165, 1.54) is 5.56 Å². The highest BCUT2D eigenvalue weighted by molar-refractivity contribution is 5.96. The topological polar surface area (TPSA) is 69.6 Å². The molecule has 33 heavy (non-hydrogen) atoms. The summed E-state index contributed by atoms with van der Waals surface area (Å²) < 4.78 is 17.5. The summed E-state index contributed by atoms with van der Waals surface area (Å²) in [5, 5.41) is 7.03. The predicted octanol–water partition coefficient (Wildman–Crippen LogP) is 3.41. The maximum atomic E-state index is 15.1. The van der Waals surface area contributed by atoms with Crippen LogP contribution in [0.15, 0.2) is 24.4 Å². The number of alkyl halides is 1. The van der Waals surface area contributed by atoms with Crippen molar-refractivity contribution in [1.82, 2.24) is 20.1 Å². The number of anilines is 1. The van der Waals surface area contributed by atoms with Gasteiger partial charge in [-0.1, -0.05) is 0 Å². The van der Waals surface area contributed by atoms with Crippen LogP contribution in [0.25, 0.3) is 10.9 Å². The number of fused-ring (bicyclic) bond motifs is 1. The fraction of sp³-hybridized carbons (Fsp3) is 0.600. The van der Waals surface area contributed by atoms with E-state index in [1.54, 1.807) is 11.9 Å². The van der Waals surface area contributed by atoms with Crippen molar-refractivity contribution in [3.05, 3.63) is 30.0 Å². The van der Waals surface area contributed by atoms with Crippen molar-refractivity contribution in [2.75, 3.05) is 51.2 Å². The number of carbonyl (C=O) groups excluding carboxylic acids is 2. The molecule has 2 saturated heterocycles. The van der Waals surface area contributed by atoms with Crippen molar-refractivity contribution < 1.29 is 14.0 Å². The molecular weight excluding hydrogens is 421 g/mol. The summed E-state index contributed by atoms with van der Waals surface area (Å²) in [7, 11) is 1.60. The summed E-state index contributed by atoms with van der Waals surface area (Å²) in [6, 6.07) is 6.24. The predicted molar refractivity (Wildman–Crippen MR) is 130 cm³/mol. The van der Waals surface area contributed by atoms with Crippen molar-refractivity contribution in [1.29, 1.82) is 0 Å². The maximum absolute atomic E-state index is 15.1. The number of urea groups is 1. The normalized spacial score (nSPS) is 19.5. The van der Waals surface area contributed by atoms with E-state index < -0.39 is 5.67 Å². The van der Waals surface area contributed by atoms with E-state index in [1.807, 2.05) is 12.1 Å². The molecule has 0 atom stereocenters. The van der Waals surface area contributed by atoms with E-state index >= 15 is 4.39 Å². The van der Waals surface area contributed by atoms with Crippen LogP contribution in [0.3, 0.4) is 0 Å². The molecule has 2 aliphatic heterocycles. The number of hydrogen-bond donors (Lipinski definition) is 2. The number of piperidine rings is 2. The lowest BCUT2D eigenvalue weighted by Gasteiger charge is -2.39. The highest BCUT2D eigenvalue weighted by Crippen LogP contribution is 2.33. The van der Waals surface area contributed by atoms with Crippen molar-refractivity contribution in [2.24, 2.45) is 0 Å². The fourth-order valence-corrected chi connectivity index (χ4v) is 5.34. The Balaban J connectivity index is 1.48. The number of halogens is 1. The van der Waals surface area contributed by atoms with Gasteiger partial charge in [0, 0.05) is 68.5 Å².